The number of rotatable bonds is 6. The summed E-state index contributed by atoms with van der Waals surface area (Å²) in [4.78, 5) is 20.5. The van der Waals surface area contributed by atoms with Gasteiger partial charge >= 0.3 is 0 Å². The zero-order valence-corrected chi connectivity index (χ0v) is 22.2. The number of fused-ring (bicyclic) bond motifs is 1. The summed E-state index contributed by atoms with van der Waals surface area (Å²) in [5.74, 6) is 2.72. The number of hydrogen-bond acceptors (Lipinski definition) is 3. The van der Waals surface area contributed by atoms with Crippen LogP contribution in [0.3, 0.4) is 0 Å². The number of likely N-dealkylation sites (tertiary alicyclic amines) is 1. The fraction of sp³-hybridized carbons (Fsp3) is 0.333. The Hall–Kier alpha value is -3.86. The van der Waals surface area contributed by atoms with Gasteiger partial charge in [0, 0.05) is 31.1 Å². The van der Waals surface area contributed by atoms with E-state index in [1.54, 1.807) is 12.1 Å². The van der Waals surface area contributed by atoms with Gasteiger partial charge in [-0.3, -0.25) is 4.79 Å². The number of nitrogens with zero attached hydrogens (tertiary/aromatic N) is 3. The van der Waals surface area contributed by atoms with Crippen molar-refractivity contribution in [2.45, 2.75) is 52.0 Å². The molecule has 5 heteroatoms. The summed E-state index contributed by atoms with van der Waals surface area (Å²) in [6, 6.07) is 21.8. The number of piperidine rings is 1. The van der Waals surface area contributed by atoms with Gasteiger partial charge < -0.3 is 14.6 Å². The number of phenols is 1. The Kier molecular flexibility index (Phi) is 6.52. The first-order chi connectivity index (χ1) is 18.5. The SMILES string of the molecule is C/C=C(/c1cccc(O)c1)c1ccc(C(=O)N2CCC(c3nc4ccccc4n3CC3CC3)CC2)cc1C. The van der Waals surface area contributed by atoms with Crippen molar-refractivity contribution in [3.63, 3.8) is 0 Å². The zero-order chi connectivity index (χ0) is 26.2. The van der Waals surface area contributed by atoms with Crippen LogP contribution in [0.25, 0.3) is 16.6 Å². The lowest BCUT2D eigenvalue weighted by Gasteiger charge is -2.32. The van der Waals surface area contributed by atoms with Gasteiger partial charge in [-0.05, 0) is 104 Å². The zero-order valence-electron chi connectivity index (χ0n) is 22.2. The second-order valence-corrected chi connectivity index (χ2v) is 10.9. The Bertz CT molecular complexity index is 1520. The molecular weight excluding hydrogens is 470 g/mol. The predicted molar refractivity (Wildman–Crippen MR) is 152 cm³/mol. The molecule has 0 atom stereocenters. The molecule has 6 rings (SSSR count). The molecule has 2 aliphatic rings. The van der Waals surface area contributed by atoms with Crippen LogP contribution in [-0.2, 0) is 6.54 Å². The Morgan fingerprint density at radius 3 is 2.47 bits per heavy atom. The maximum Gasteiger partial charge on any atom is 0.253 e. The number of phenolic OH excluding ortho intramolecular Hbond substituents is 1. The van der Waals surface area contributed by atoms with Crippen molar-refractivity contribution in [3.05, 3.63) is 101 Å². The summed E-state index contributed by atoms with van der Waals surface area (Å²) in [7, 11) is 0. The third kappa shape index (κ3) is 4.73. The normalized spacial score (nSPS) is 16.8. The van der Waals surface area contributed by atoms with Crippen LogP contribution in [0, 0.1) is 12.8 Å². The molecule has 2 heterocycles. The van der Waals surface area contributed by atoms with Crippen LogP contribution in [0.4, 0.5) is 0 Å². The van der Waals surface area contributed by atoms with Gasteiger partial charge in [-0.1, -0.05) is 36.4 Å². The average molecular weight is 506 g/mol. The van der Waals surface area contributed by atoms with E-state index in [0.717, 1.165) is 71.7 Å². The summed E-state index contributed by atoms with van der Waals surface area (Å²) >= 11 is 0. The van der Waals surface area contributed by atoms with Gasteiger partial charge in [0.1, 0.15) is 11.6 Å². The molecule has 3 aromatic carbocycles. The van der Waals surface area contributed by atoms with E-state index in [2.05, 4.69) is 41.8 Å². The molecule has 2 fully saturated rings. The van der Waals surface area contributed by atoms with Crippen molar-refractivity contribution < 1.29 is 9.90 Å². The van der Waals surface area contributed by atoms with Gasteiger partial charge in [0.2, 0.25) is 0 Å². The van der Waals surface area contributed by atoms with Crippen LogP contribution in [0.15, 0.2) is 72.8 Å². The molecule has 1 amide bonds. The Morgan fingerprint density at radius 1 is 0.974 bits per heavy atom. The number of aromatic hydroxyl groups is 1. The molecule has 194 valence electrons. The van der Waals surface area contributed by atoms with Crippen molar-refractivity contribution in [3.8, 4) is 5.75 Å². The Balaban J connectivity index is 1.17. The van der Waals surface area contributed by atoms with Gasteiger partial charge in [-0.2, -0.15) is 0 Å². The van der Waals surface area contributed by atoms with Crippen molar-refractivity contribution in [2.24, 2.45) is 5.92 Å². The monoisotopic (exact) mass is 505 g/mol. The molecule has 1 aromatic heterocycles. The van der Waals surface area contributed by atoms with E-state index in [-0.39, 0.29) is 11.7 Å². The molecule has 5 nitrogen and oxygen atoms in total. The number of aryl methyl sites for hydroxylation is 1. The van der Waals surface area contributed by atoms with Gasteiger partial charge in [-0.15, -0.1) is 0 Å². The fourth-order valence-electron chi connectivity index (χ4n) is 5.93. The molecule has 0 radical (unpaired) electrons. The predicted octanol–water partition coefficient (Wildman–Crippen LogP) is 6.93. The quantitative estimate of drug-likeness (QED) is 0.309. The van der Waals surface area contributed by atoms with E-state index in [1.165, 1.54) is 24.2 Å². The number of hydrogen-bond donors (Lipinski definition) is 1. The Morgan fingerprint density at radius 2 is 1.76 bits per heavy atom. The van der Waals surface area contributed by atoms with E-state index in [9.17, 15) is 9.90 Å². The molecule has 4 aromatic rings. The lowest BCUT2D eigenvalue weighted by molar-refractivity contribution is 0.0710. The third-order valence-corrected chi connectivity index (χ3v) is 8.18. The van der Waals surface area contributed by atoms with Gasteiger partial charge in [-0.25, -0.2) is 4.98 Å². The summed E-state index contributed by atoms with van der Waals surface area (Å²) < 4.78 is 2.46. The fourth-order valence-corrected chi connectivity index (χ4v) is 5.93. The van der Waals surface area contributed by atoms with Gasteiger partial charge in [0.25, 0.3) is 5.91 Å². The summed E-state index contributed by atoms with van der Waals surface area (Å²) in [5, 5.41) is 9.94. The molecule has 0 bridgehead atoms. The number of aromatic nitrogens is 2. The number of para-hydroxylation sites is 2. The van der Waals surface area contributed by atoms with Crippen LogP contribution >= 0.6 is 0 Å². The van der Waals surface area contributed by atoms with Crippen LogP contribution < -0.4 is 0 Å². The van der Waals surface area contributed by atoms with Crippen molar-refractivity contribution in [2.75, 3.05) is 13.1 Å². The Labute approximate surface area is 224 Å². The average Bonchev–Trinajstić information content (AvgIpc) is 3.69. The molecule has 38 heavy (non-hydrogen) atoms. The minimum atomic E-state index is 0.101. The van der Waals surface area contributed by atoms with E-state index < -0.39 is 0 Å². The summed E-state index contributed by atoms with van der Waals surface area (Å²) in [6.45, 7) is 6.62. The first-order valence-electron chi connectivity index (χ1n) is 13.8. The highest BCUT2D eigenvalue weighted by atomic mass is 16.3. The topological polar surface area (TPSA) is 58.4 Å². The minimum Gasteiger partial charge on any atom is -0.508 e. The molecule has 1 saturated carbocycles. The first-order valence-corrected chi connectivity index (χ1v) is 13.8. The highest BCUT2D eigenvalue weighted by molar-refractivity contribution is 5.95. The largest absolute Gasteiger partial charge is 0.508 e. The second-order valence-electron chi connectivity index (χ2n) is 10.9. The number of benzene rings is 3. The molecule has 1 N–H and O–H groups in total. The molecule has 1 aliphatic carbocycles. The standard InChI is InChI=1S/C33H35N3O2/c1-3-28(25-7-6-8-27(37)20-25)29-14-13-26(19-22(29)2)33(38)35-17-15-24(16-18-35)32-34-30-9-4-5-10-31(30)36(32)21-23-11-12-23/h3-10,13-14,19-20,23-24,37H,11-12,15-18,21H2,1-2H3/b28-3-. The second kappa shape index (κ2) is 10.1. The van der Waals surface area contributed by atoms with Gasteiger partial charge in [0.05, 0.1) is 11.0 Å². The molecule has 1 aliphatic heterocycles. The van der Waals surface area contributed by atoms with Crippen molar-refractivity contribution >= 4 is 22.5 Å². The minimum absolute atomic E-state index is 0.101. The summed E-state index contributed by atoms with van der Waals surface area (Å²) in [5.41, 5.74) is 7.20. The highest BCUT2D eigenvalue weighted by Gasteiger charge is 2.30. The van der Waals surface area contributed by atoms with Crippen LogP contribution in [-0.4, -0.2) is 38.6 Å². The van der Waals surface area contributed by atoms with E-state index in [0.29, 0.717) is 5.92 Å². The van der Waals surface area contributed by atoms with Crippen molar-refractivity contribution in [1.29, 1.82) is 0 Å². The smallest absolute Gasteiger partial charge is 0.253 e. The lowest BCUT2D eigenvalue weighted by atomic mass is 9.92. The first kappa shape index (κ1) is 24.5. The maximum atomic E-state index is 13.5. The third-order valence-electron chi connectivity index (χ3n) is 8.18. The number of allylic oxidation sites excluding steroid dienone is 1. The molecule has 1 saturated heterocycles. The molecule has 0 unspecified atom stereocenters. The van der Waals surface area contributed by atoms with E-state index in [1.807, 2.05) is 42.2 Å². The maximum absolute atomic E-state index is 13.5. The lowest BCUT2D eigenvalue weighted by Crippen LogP contribution is -2.38. The molecular formula is C33H35N3O2. The number of carbonyl (C=O) groups is 1. The summed E-state index contributed by atoms with van der Waals surface area (Å²) in [6.07, 6.45) is 6.58. The van der Waals surface area contributed by atoms with E-state index >= 15 is 0 Å². The number of imidazole rings is 1. The van der Waals surface area contributed by atoms with Crippen LogP contribution in [0.5, 0.6) is 5.75 Å². The van der Waals surface area contributed by atoms with Crippen molar-refractivity contribution in [1.82, 2.24) is 14.5 Å². The van der Waals surface area contributed by atoms with Crippen LogP contribution in [0.1, 0.15) is 71.4 Å². The number of carbonyl (C=O) groups excluding carboxylic acids is 1. The number of amides is 1. The van der Waals surface area contributed by atoms with E-state index in [4.69, 9.17) is 4.98 Å². The van der Waals surface area contributed by atoms with Gasteiger partial charge in [0.15, 0.2) is 0 Å². The highest BCUT2D eigenvalue weighted by Crippen LogP contribution is 2.36. The van der Waals surface area contributed by atoms with Crippen LogP contribution in [0.2, 0.25) is 0 Å². The molecule has 0 spiro atoms.